The number of benzene rings is 1. The Kier molecular flexibility index (Phi) is 2.99. The van der Waals surface area contributed by atoms with E-state index in [9.17, 15) is 13.2 Å². The van der Waals surface area contributed by atoms with E-state index in [0.717, 1.165) is 17.4 Å². The summed E-state index contributed by atoms with van der Waals surface area (Å²) in [6.45, 7) is 0. The molecule has 1 heterocycles. The number of aromatic nitrogens is 1. The smallest absolute Gasteiger partial charge is 0.416 e. The van der Waals surface area contributed by atoms with Crippen LogP contribution in [-0.2, 0) is 9.84 Å². The first-order valence-electron chi connectivity index (χ1n) is 6.43. The molecule has 1 aliphatic rings. The molecule has 0 saturated heterocycles. The van der Waals surface area contributed by atoms with Crippen LogP contribution in [0.15, 0.2) is 29.3 Å². The predicted octanol–water partition coefficient (Wildman–Crippen LogP) is 2.22. The minimum absolute atomic E-state index is 0.0105. The van der Waals surface area contributed by atoms with Gasteiger partial charge >= 0.3 is 6.09 Å². The van der Waals surface area contributed by atoms with Crippen LogP contribution in [0.1, 0.15) is 18.5 Å². The molecule has 7 heteroatoms. The van der Waals surface area contributed by atoms with Crippen LogP contribution in [0.3, 0.4) is 0 Å². The summed E-state index contributed by atoms with van der Waals surface area (Å²) < 4.78 is 25.3. The predicted molar refractivity (Wildman–Crippen MR) is 74.9 cm³/mol. The number of nitrogens with zero attached hydrogens (tertiary/aromatic N) is 2. The molecule has 2 aromatic rings. The van der Waals surface area contributed by atoms with Crippen molar-refractivity contribution in [2.24, 2.45) is 5.92 Å². The molecular formula is C14H12N2O4S. The molecule has 0 aliphatic heterocycles. The fourth-order valence-electron chi connectivity index (χ4n) is 2.35. The molecule has 1 N–H and O–H groups in total. The lowest BCUT2D eigenvalue weighted by Crippen LogP contribution is -2.08. The molecule has 0 spiro atoms. The molecule has 108 valence electrons. The Balaban J connectivity index is 2.13. The van der Waals surface area contributed by atoms with Gasteiger partial charge in [0.25, 0.3) is 0 Å². The van der Waals surface area contributed by atoms with Gasteiger partial charge in [0.1, 0.15) is 11.8 Å². The van der Waals surface area contributed by atoms with Gasteiger partial charge in [-0.15, -0.1) is 0 Å². The fourth-order valence-corrected chi connectivity index (χ4v) is 4.07. The van der Waals surface area contributed by atoms with Crippen molar-refractivity contribution in [1.29, 1.82) is 5.26 Å². The van der Waals surface area contributed by atoms with Crippen molar-refractivity contribution >= 4 is 26.7 Å². The van der Waals surface area contributed by atoms with E-state index in [-0.39, 0.29) is 22.3 Å². The highest BCUT2D eigenvalue weighted by atomic mass is 32.2. The Labute approximate surface area is 121 Å². The summed E-state index contributed by atoms with van der Waals surface area (Å²) in [5, 5.41) is 19.0. The number of carbonyl (C=O) groups is 1. The third-order valence-corrected chi connectivity index (χ3v) is 5.49. The number of rotatable bonds is 3. The second kappa shape index (κ2) is 4.60. The Morgan fingerprint density at radius 2 is 2.14 bits per heavy atom. The van der Waals surface area contributed by atoms with Gasteiger partial charge in [-0.2, -0.15) is 5.26 Å². The molecule has 1 saturated carbocycles. The van der Waals surface area contributed by atoms with E-state index in [0.29, 0.717) is 10.8 Å². The maximum absolute atomic E-state index is 12.2. The molecule has 0 bridgehead atoms. The van der Waals surface area contributed by atoms with Gasteiger partial charge in [-0.3, -0.25) is 0 Å². The lowest BCUT2D eigenvalue weighted by molar-refractivity contribution is 0.196. The first-order valence-corrected chi connectivity index (χ1v) is 8.09. The average Bonchev–Trinajstić information content (AvgIpc) is 3.14. The van der Waals surface area contributed by atoms with Gasteiger partial charge in [0.05, 0.1) is 10.6 Å². The standard InChI is InChI=1S/C14H12N2O4S/c15-6-13-12-4-3-11(21(19,20)8-9-1-2-9)5-10(12)7-16(13)14(17)18/h3-5,7,9H,1-2,8H2,(H,17,18). The summed E-state index contributed by atoms with van der Waals surface area (Å²) in [6.07, 6.45) is 1.88. The number of hydrogen-bond acceptors (Lipinski definition) is 4. The van der Waals surface area contributed by atoms with Gasteiger partial charge in [0, 0.05) is 17.0 Å². The summed E-state index contributed by atoms with van der Waals surface area (Å²) in [4.78, 5) is 11.3. The highest BCUT2D eigenvalue weighted by Crippen LogP contribution is 2.33. The van der Waals surface area contributed by atoms with E-state index in [1.54, 1.807) is 0 Å². The number of carboxylic acid groups (broad SMARTS) is 1. The van der Waals surface area contributed by atoms with E-state index in [4.69, 9.17) is 10.4 Å². The molecule has 0 amide bonds. The third kappa shape index (κ3) is 2.38. The van der Waals surface area contributed by atoms with Crippen LogP contribution in [0.2, 0.25) is 0 Å². The number of sulfone groups is 1. The Bertz CT molecular complexity index is 886. The van der Waals surface area contributed by atoms with Crippen LogP contribution < -0.4 is 0 Å². The second-order valence-electron chi connectivity index (χ2n) is 5.22. The van der Waals surface area contributed by atoms with Gasteiger partial charge < -0.3 is 5.11 Å². The van der Waals surface area contributed by atoms with Gasteiger partial charge in [-0.05, 0) is 30.9 Å². The summed E-state index contributed by atoms with van der Waals surface area (Å²) in [5.41, 5.74) is -0.0105. The summed E-state index contributed by atoms with van der Waals surface area (Å²) >= 11 is 0. The molecule has 1 aliphatic carbocycles. The molecule has 0 radical (unpaired) electrons. The zero-order chi connectivity index (χ0) is 15.2. The van der Waals surface area contributed by atoms with Crippen LogP contribution in [0.25, 0.3) is 10.8 Å². The molecule has 0 unspecified atom stereocenters. The van der Waals surface area contributed by atoms with E-state index in [2.05, 4.69) is 0 Å². The van der Waals surface area contributed by atoms with E-state index in [1.807, 2.05) is 6.07 Å². The van der Waals surface area contributed by atoms with Gasteiger partial charge in [-0.1, -0.05) is 6.07 Å². The lowest BCUT2D eigenvalue weighted by atomic mass is 10.2. The molecule has 1 aromatic heterocycles. The topological polar surface area (TPSA) is 100 Å². The van der Waals surface area contributed by atoms with E-state index >= 15 is 0 Å². The van der Waals surface area contributed by atoms with Crippen molar-refractivity contribution in [3.05, 3.63) is 30.1 Å². The van der Waals surface area contributed by atoms with Gasteiger partial charge in [0.15, 0.2) is 9.84 Å². The van der Waals surface area contributed by atoms with Crippen molar-refractivity contribution in [1.82, 2.24) is 4.57 Å². The largest absolute Gasteiger partial charge is 0.464 e. The Hall–Kier alpha value is -2.33. The number of nitriles is 1. The lowest BCUT2D eigenvalue weighted by Gasteiger charge is -2.03. The molecular weight excluding hydrogens is 292 g/mol. The van der Waals surface area contributed by atoms with Crippen LogP contribution in [0.5, 0.6) is 0 Å². The van der Waals surface area contributed by atoms with Crippen LogP contribution >= 0.6 is 0 Å². The van der Waals surface area contributed by atoms with Gasteiger partial charge in [0.2, 0.25) is 0 Å². The molecule has 3 rings (SSSR count). The first kappa shape index (κ1) is 13.6. The molecule has 1 aromatic carbocycles. The SMILES string of the molecule is N#Cc1c2ccc(S(=O)(=O)CC3CC3)cc2cn1C(=O)O. The normalized spacial score (nSPS) is 15.0. The minimum Gasteiger partial charge on any atom is -0.464 e. The Morgan fingerprint density at radius 1 is 1.43 bits per heavy atom. The molecule has 21 heavy (non-hydrogen) atoms. The first-order chi connectivity index (χ1) is 9.92. The Morgan fingerprint density at radius 3 is 2.71 bits per heavy atom. The molecule has 1 fully saturated rings. The second-order valence-corrected chi connectivity index (χ2v) is 7.25. The minimum atomic E-state index is -3.36. The van der Waals surface area contributed by atoms with Crippen molar-refractivity contribution in [2.75, 3.05) is 5.75 Å². The van der Waals surface area contributed by atoms with Crippen molar-refractivity contribution < 1.29 is 18.3 Å². The maximum Gasteiger partial charge on any atom is 0.416 e. The fraction of sp³-hybridized carbons (Fsp3) is 0.286. The van der Waals surface area contributed by atoms with Gasteiger partial charge in [-0.25, -0.2) is 17.8 Å². The van der Waals surface area contributed by atoms with Crippen molar-refractivity contribution in [3.63, 3.8) is 0 Å². The van der Waals surface area contributed by atoms with E-state index < -0.39 is 15.9 Å². The highest BCUT2D eigenvalue weighted by Gasteiger charge is 2.29. The maximum atomic E-state index is 12.2. The monoisotopic (exact) mass is 304 g/mol. The quantitative estimate of drug-likeness (QED) is 0.937. The number of hydrogen-bond donors (Lipinski definition) is 1. The van der Waals surface area contributed by atoms with Crippen molar-refractivity contribution in [3.8, 4) is 6.07 Å². The van der Waals surface area contributed by atoms with Crippen LogP contribution in [0, 0.1) is 17.2 Å². The zero-order valence-electron chi connectivity index (χ0n) is 11.0. The zero-order valence-corrected chi connectivity index (χ0v) is 11.8. The summed E-state index contributed by atoms with van der Waals surface area (Å²) in [6, 6.07) is 6.20. The van der Waals surface area contributed by atoms with Crippen molar-refractivity contribution in [2.45, 2.75) is 17.7 Å². The number of fused-ring (bicyclic) bond motifs is 1. The average molecular weight is 304 g/mol. The van der Waals surface area contributed by atoms with E-state index in [1.165, 1.54) is 24.4 Å². The van der Waals surface area contributed by atoms with Crippen LogP contribution in [0.4, 0.5) is 4.79 Å². The highest BCUT2D eigenvalue weighted by molar-refractivity contribution is 7.91. The molecule has 0 atom stereocenters. The van der Waals surface area contributed by atoms with Crippen LogP contribution in [-0.4, -0.2) is 29.9 Å². The summed E-state index contributed by atoms with van der Waals surface area (Å²) in [5.74, 6) is 0.368. The third-order valence-electron chi connectivity index (χ3n) is 3.61. The molecule has 6 nitrogen and oxygen atoms in total. The summed E-state index contributed by atoms with van der Waals surface area (Å²) in [7, 11) is -3.36.